The number of allylic oxidation sites excluding steroid dienone is 12. The Morgan fingerprint density at radius 2 is 0.439 bits per heavy atom. The number of carbonyl (C=O) groups is 12. The minimum absolute atomic E-state index is 0.00648. The number of halogens is 10. The van der Waals surface area contributed by atoms with Crippen LogP contribution in [0.1, 0.15) is 190 Å². The first-order valence-corrected chi connectivity index (χ1v) is 44.6. The van der Waals surface area contributed by atoms with Gasteiger partial charge in [0.25, 0.3) is 0 Å². The monoisotopic (exact) mass is 2080 g/mol. The number of hydrogen-bond donors (Lipinski definition) is 6. The van der Waals surface area contributed by atoms with Gasteiger partial charge >= 0.3 is 71.6 Å². The number of rotatable bonds is 18. The van der Waals surface area contributed by atoms with Crippen molar-refractivity contribution in [1.82, 2.24) is 0 Å². The molecule has 0 heterocycles. The van der Waals surface area contributed by atoms with Gasteiger partial charge in [-0.25, -0.2) is 97.0 Å². The normalized spacial score (nSPS) is 15.5. The topological polar surface area (TPSA) is 437 Å². The van der Waals surface area contributed by atoms with E-state index < -0.39 is 200 Å². The molecular weight excluding hydrogens is 1970 g/mol. The maximum Gasteiger partial charge on any atom is 0.334 e. The summed E-state index contributed by atoms with van der Waals surface area (Å²) in [4.78, 5) is 147. The second-order valence-electron chi connectivity index (χ2n) is 34.6. The Balaban J connectivity index is 0.000000240. The highest BCUT2D eigenvalue weighted by molar-refractivity contribution is 6.05. The molecule has 6 aliphatic rings. The zero-order valence-electron chi connectivity index (χ0n) is 85.1. The molecule has 0 saturated heterocycles. The van der Waals surface area contributed by atoms with Crippen molar-refractivity contribution in [3.05, 3.63) is 310 Å². The summed E-state index contributed by atoms with van der Waals surface area (Å²) < 4.78 is 199. The van der Waals surface area contributed by atoms with E-state index in [4.69, 9.17) is 56.8 Å². The van der Waals surface area contributed by atoms with Crippen LogP contribution in [0.5, 0.6) is 34.5 Å². The van der Waals surface area contributed by atoms with Crippen LogP contribution in [-0.2, 0) is 114 Å². The van der Waals surface area contributed by atoms with Crippen LogP contribution in [-0.4, -0.2) is 188 Å². The number of carbonyl (C=O) groups excluding carboxylic acids is 12. The molecule has 0 unspecified atom stereocenters. The molecule has 0 radical (unpaired) electrons. The highest BCUT2D eigenvalue weighted by Crippen LogP contribution is 2.52. The van der Waals surface area contributed by atoms with E-state index in [1.165, 1.54) is 66.9 Å². The predicted octanol–water partition coefficient (Wildman–Crippen LogP) is 18.5. The number of benzene rings is 6. The summed E-state index contributed by atoms with van der Waals surface area (Å²) in [6, 6.07) is 14.1. The number of aromatic hydroxyl groups is 6. The summed E-state index contributed by atoms with van der Waals surface area (Å²) in [6.07, 6.45) is 2.01. The van der Waals surface area contributed by atoms with Crippen molar-refractivity contribution in [3.63, 3.8) is 0 Å². The van der Waals surface area contributed by atoms with Crippen LogP contribution >= 0.6 is 0 Å². The lowest BCUT2D eigenvalue weighted by Crippen LogP contribution is -2.27. The summed E-state index contributed by atoms with van der Waals surface area (Å²) in [6.45, 7) is 20.3. The van der Waals surface area contributed by atoms with Gasteiger partial charge in [-0.3, -0.25) is 0 Å². The third-order valence-electron chi connectivity index (χ3n) is 25.1. The molecule has 6 aromatic rings. The smallest absolute Gasteiger partial charge is 0.334 e. The molecule has 12 rings (SSSR count). The average Bonchev–Trinajstić information content (AvgIpc) is 0.769. The summed E-state index contributed by atoms with van der Waals surface area (Å²) in [5.74, 6) is -30.0. The minimum Gasteiger partial charge on any atom is -0.508 e. The third-order valence-corrected chi connectivity index (χ3v) is 25.1. The van der Waals surface area contributed by atoms with E-state index in [2.05, 4.69) is 0 Å². The van der Waals surface area contributed by atoms with Gasteiger partial charge < -0.3 is 87.5 Å². The van der Waals surface area contributed by atoms with Gasteiger partial charge in [0.05, 0.1) is 109 Å². The largest absolute Gasteiger partial charge is 0.508 e. The van der Waals surface area contributed by atoms with Gasteiger partial charge in [0.1, 0.15) is 34.8 Å². The lowest BCUT2D eigenvalue weighted by atomic mass is 9.74. The van der Waals surface area contributed by atoms with E-state index in [0.717, 1.165) is 108 Å². The molecule has 0 atom stereocenters. The fourth-order valence-electron chi connectivity index (χ4n) is 18.7. The van der Waals surface area contributed by atoms with Crippen molar-refractivity contribution in [2.45, 2.75) is 157 Å². The van der Waals surface area contributed by atoms with Crippen molar-refractivity contribution in [3.8, 4) is 34.5 Å². The number of methoxy groups -OCH3 is 12. The molecule has 6 N–H and O–H groups in total. The van der Waals surface area contributed by atoms with Crippen LogP contribution in [0.4, 0.5) is 43.9 Å². The number of hydrogen-bond acceptors (Lipinski definition) is 30. The van der Waals surface area contributed by atoms with Crippen LogP contribution in [0.2, 0.25) is 0 Å². The number of ether oxygens (including phenoxy) is 12. The van der Waals surface area contributed by atoms with Gasteiger partial charge in [-0.15, -0.1) is 0 Å². The van der Waals surface area contributed by atoms with Crippen molar-refractivity contribution < 1.29 is 189 Å². The maximum atomic E-state index is 14.5. The van der Waals surface area contributed by atoms with Crippen LogP contribution in [0.25, 0.3) is 0 Å². The lowest BCUT2D eigenvalue weighted by molar-refractivity contribution is -0.139. The minimum atomic E-state index is -1.45. The van der Waals surface area contributed by atoms with Crippen molar-refractivity contribution in [1.29, 1.82) is 0 Å². The van der Waals surface area contributed by atoms with Crippen molar-refractivity contribution in [2.24, 2.45) is 0 Å². The molecule has 0 aromatic heterocycles. The van der Waals surface area contributed by atoms with E-state index >= 15 is 0 Å². The van der Waals surface area contributed by atoms with E-state index in [1.54, 1.807) is 83.1 Å². The average molecular weight is 2080 g/mol. The van der Waals surface area contributed by atoms with Crippen LogP contribution < -0.4 is 0 Å². The quantitative estimate of drug-likeness (QED) is 0.0264. The summed E-state index contributed by atoms with van der Waals surface area (Å²) >= 11 is 0. The first kappa shape index (κ1) is 119. The second-order valence-corrected chi connectivity index (χ2v) is 34.6. The summed E-state index contributed by atoms with van der Waals surface area (Å²) in [7, 11) is 14.3. The second kappa shape index (κ2) is 51.1. The van der Waals surface area contributed by atoms with E-state index in [0.29, 0.717) is 99.5 Å². The van der Waals surface area contributed by atoms with E-state index in [1.807, 2.05) is 0 Å². The Morgan fingerprint density at radius 1 is 0.209 bits per heavy atom. The van der Waals surface area contributed by atoms with Gasteiger partial charge in [-0.05, 0) is 175 Å². The molecule has 0 spiro atoms. The fourth-order valence-corrected chi connectivity index (χ4v) is 18.7. The highest BCUT2D eigenvalue weighted by Gasteiger charge is 2.47. The van der Waals surface area contributed by atoms with Crippen LogP contribution in [0.3, 0.4) is 0 Å². The maximum absolute atomic E-state index is 14.5. The molecule has 0 bridgehead atoms. The van der Waals surface area contributed by atoms with Gasteiger partial charge in [0.15, 0.2) is 52.1 Å². The molecule has 6 aliphatic carbocycles. The molecular formula is C108H110F10O30. The van der Waals surface area contributed by atoms with E-state index in [9.17, 15) is 132 Å². The van der Waals surface area contributed by atoms with Gasteiger partial charge in [-0.2, -0.15) is 4.39 Å². The summed E-state index contributed by atoms with van der Waals surface area (Å²) in [5.41, 5.74) is 8.39. The molecule has 0 amide bonds. The Hall–Kier alpha value is -16.1. The molecule has 148 heavy (non-hydrogen) atoms. The zero-order valence-corrected chi connectivity index (χ0v) is 85.1. The van der Waals surface area contributed by atoms with Gasteiger partial charge in [0.2, 0.25) is 5.82 Å². The first-order chi connectivity index (χ1) is 69.5. The fraction of sp³-hybridized carbons (Fsp3) is 0.333. The number of phenols is 6. The van der Waals surface area contributed by atoms with E-state index in [-0.39, 0.29) is 101 Å². The SMILES string of the molecule is COC(=O)C1=C(C)CC(C)=C(C(=O)OC)C1c1c(F)cc(O)cc1F.COC(=O)C1=C(C)CC(C)=C(C(=O)OC)C1c1cc(F)c(O)c(F)c1.COC(=O)C1=C(C)CC(C)=C(C(=O)OC)C1c1cc(F)c(O)cc1F.COC(=O)C1=C(C)CC(C)=C(C(=O)OC)C1c1ccc(O)c(F)c1.COC(=O)C1=C(C)CC(C)=C(C(=O)OC)C1c1ccc(O)c(F)c1F.COC(=O)C1=C(C)CC(C)=C(C(=O)OC)C1c1ccc(O)cc1F. The Kier molecular flexibility index (Phi) is 41.1. The molecule has 40 heteroatoms. The molecule has 0 fully saturated rings. The van der Waals surface area contributed by atoms with Gasteiger partial charge in [-0.1, -0.05) is 85.1 Å². The molecule has 6 aromatic carbocycles. The molecule has 30 nitrogen and oxygen atoms in total. The third kappa shape index (κ3) is 25.5. The standard InChI is InChI=1S/4C18H18F2O5.2C18H19FO5/c1-8-5-9(2)15(18(23)25-4)16(14(8)17(22)24-3)10-6-12(20)13(21)7-11(10)19;1-8-5-9(2)14(18(23)25-4)16(13(8)17(22)24-3)15-11(19)6-10(21)7-12(15)20;1-8-5-9(2)14(18(23)25-4)15(13(8)17(22)24-3)10-6-11(19)16(21)12(20)7-10;1-8-7-9(2)13(18(23)25-4)14(12(8)17(22)24-3)10-5-6-11(21)16(20)15(10)19;1-9-7-10(2)15(18(22)24-4)16(14(9)17(21)23-3)11-5-6-13(20)12(19)8-11;1-9-7-10(2)15(18(22)24-4)16(14(9)17(21)23-3)12-6-5-11(20)8-13(12)19/h2*6-7,16,21H,5H2,1-4H3;6-7,15,21H,5H2,1-4H3;5-6,14,21H,7H2,1-4H3;2*5-6,8,16,20H,7H2,1-4H3. The Morgan fingerprint density at radius 3 is 0.723 bits per heavy atom. The zero-order chi connectivity index (χ0) is 112. The Labute approximate surface area is 843 Å². The summed E-state index contributed by atoms with van der Waals surface area (Å²) in [5, 5.41) is 56.2. The van der Waals surface area contributed by atoms with Crippen molar-refractivity contribution in [2.75, 3.05) is 85.3 Å². The van der Waals surface area contributed by atoms with Crippen LogP contribution in [0, 0.1) is 58.2 Å². The first-order valence-electron chi connectivity index (χ1n) is 44.6. The molecule has 0 aliphatic heterocycles. The molecule has 0 saturated carbocycles. The number of esters is 12. The molecule has 792 valence electrons. The van der Waals surface area contributed by atoms with Gasteiger partial charge in [0, 0.05) is 125 Å². The highest BCUT2D eigenvalue weighted by atomic mass is 19.2. The number of phenolic OH excluding ortho intramolecular Hbond substituents is 6. The Bertz CT molecular complexity index is 6470. The van der Waals surface area contributed by atoms with Crippen molar-refractivity contribution >= 4 is 71.6 Å². The predicted molar refractivity (Wildman–Crippen MR) is 509 cm³/mol. The lowest BCUT2D eigenvalue weighted by Gasteiger charge is -2.29. The van der Waals surface area contributed by atoms with Crippen LogP contribution in [0.15, 0.2) is 219 Å².